The van der Waals surface area contributed by atoms with Gasteiger partial charge < -0.3 is 16.6 Å². The van der Waals surface area contributed by atoms with Gasteiger partial charge in [-0.2, -0.15) is 0 Å². The number of hydrogen-bond donors (Lipinski definition) is 3. The molecule has 1 aliphatic heterocycles. The Kier molecular flexibility index (Phi) is 3.72. The van der Waals surface area contributed by atoms with E-state index in [4.69, 9.17) is 16.6 Å². The first-order valence-corrected chi connectivity index (χ1v) is 6.13. The van der Waals surface area contributed by atoms with E-state index in [-0.39, 0.29) is 29.7 Å². The van der Waals surface area contributed by atoms with Crippen molar-refractivity contribution in [3.63, 3.8) is 0 Å². The Morgan fingerprint density at radius 1 is 1.24 bits per heavy atom. The second-order valence-corrected chi connectivity index (χ2v) is 4.59. The van der Waals surface area contributed by atoms with Crippen LogP contribution in [-0.2, 0) is 9.59 Å². The third kappa shape index (κ3) is 2.48. The second kappa shape index (κ2) is 5.33. The van der Waals surface area contributed by atoms with Crippen molar-refractivity contribution in [2.75, 3.05) is 5.73 Å². The van der Waals surface area contributed by atoms with E-state index in [1.807, 2.05) is 0 Å². The maximum atomic E-state index is 12.1. The molecule has 1 atom stereocenters. The number of nitrogens with zero attached hydrogens (tertiary/aromatic N) is 1. The minimum atomic E-state index is -1.25. The van der Waals surface area contributed by atoms with Crippen LogP contribution in [0.15, 0.2) is 18.2 Å². The average molecular weight is 291 g/mol. The van der Waals surface area contributed by atoms with Gasteiger partial charge >= 0.3 is 5.97 Å². The third-order valence-electron chi connectivity index (χ3n) is 3.15. The Labute approximate surface area is 119 Å². The zero-order valence-corrected chi connectivity index (χ0v) is 10.9. The zero-order chi connectivity index (χ0) is 15.7. The van der Waals surface area contributed by atoms with Gasteiger partial charge in [0.15, 0.2) is 0 Å². The molecule has 3 amide bonds. The number of aliphatic carboxylic acids is 1. The van der Waals surface area contributed by atoms with Gasteiger partial charge in [0.1, 0.15) is 0 Å². The van der Waals surface area contributed by atoms with Gasteiger partial charge in [0.25, 0.3) is 17.7 Å². The Bertz CT molecular complexity index is 655. The number of anilines is 1. The Balaban J connectivity index is 2.25. The molecule has 21 heavy (non-hydrogen) atoms. The summed E-state index contributed by atoms with van der Waals surface area (Å²) < 4.78 is 0. The molecule has 8 heteroatoms. The molecule has 0 bridgehead atoms. The van der Waals surface area contributed by atoms with Crippen LogP contribution in [0.25, 0.3) is 0 Å². The number of nitrogens with two attached hydrogens (primary N) is 2. The lowest BCUT2D eigenvalue weighted by molar-refractivity contribution is -0.137. The lowest BCUT2D eigenvalue weighted by atomic mass is 10.1. The van der Waals surface area contributed by atoms with Crippen molar-refractivity contribution in [3.05, 3.63) is 29.3 Å². The molecule has 1 aromatic carbocycles. The molecule has 1 aromatic rings. The van der Waals surface area contributed by atoms with Gasteiger partial charge in [-0.05, 0) is 18.6 Å². The molecule has 5 N–H and O–H groups in total. The summed E-state index contributed by atoms with van der Waals surface area (Å²) in [7, 11) is 0. The number of hydrogen-bond acceptors (Lipinski definition) is 6. The molecule has 0 aromatic heterocycles. The van der Waals surface area contributed by atoms with Gasteiger partial charge in [-0.1, -0.05) is 6.07 Å². The van der Waals surface area contributed by atoms with E-state index in [2.05, 4.69) is 0 Å². The SMILES string of the molecule is Nc1cccc2c1C(=O)N(C(=O)C(N)CCC(=O)O)C2=O. The monoisotopic (exact) mass is 291 g/mol. The van der Waals surface area contributed by atoms with Crippen LogP contribution in [0.2, 0.25) is 0 Å². The number of carboxylic acids is 1. The van der Waals surface area contributed by atoms with Gasteiger partial charge in [-0.15, -0.1) is 0 Å². The number of carbonyl (C=O) groups is 4. The molecule has 8 nitrogen and oxygen atoms in total. The number of fused-ring (bicyclic) bond motifs is 1. The summed E-state index contributed by atoms with van der Waals surface area (Å²) in [5.41, 5.74) is 11.3. The van der Waals surface area contributed by atoms with E-state index in [0.717, 1.165) is 0 Å². The Hall–Kier alpha value is -2.74. The topological polar surface area (TPSA) is 144 Å². The van der Waals surface area contributed by atoms with Gasteiger partial charge in [-0.3, -0.25) is 19.2 Å². The number of amides is 3. The van der Waals surface area contributed by atoms with Crippen molar-refractivity contribution >= 4 is 29.4 Å². The molecule has 0 fully saturated rings. The standard InChI is InChI=1S/C13H13N3O5/c14-7-3-1-2-6-10(7)13(21)16(11(6)19)12(20)8(15)4-5-9(17)18/h1-3,8H,4-5,14-15H2,(H,17,18). The first kappa shape index (κ1) is 14.7. The molecule has 1 heterocycles. The fourth-order valence-electron chi connectivity index (χ4n) is 2.08. The fraction of sp³-hybridized carbons (Fsp3) is 0.231. The van der Waals surface area contributed by atoms with E-state index in [1.165, 1.54) is 18.2 Å². The van der Waals surface area contributed by atoms with Crippen LogP contribution in [0.4, 0.5) is 5.69 Å². The van der Waals surface area contributed by atoms with Crippen molar-refractivity contribution in [2.24, 2.45) is 5.73 Å². The zero-order valence-electron chi connectivity index (χ0n) is 10.9. The van der Waals surface area contributed by atoms with Crippen molar-refractivity contribution in [2.45, 2.75) is 18.9 Å². The average Bonchev–Trinajstić information content (AvgIpc) is 2.68. The lowest BCUT2D eigenvalue weighted by Crippen LogP contribution is -2.46. The maximum Gasteiger partial charge on any atom is 0.303 e. The van der Waals surface area contributed by atoms with Crippen LogP contribution in [-0.4, -0.2) is 39.7 Å². The molecule has 0 saturated heterocycles. The van der Waals surface area contributed by atoms with Crippen LogP contribution in [0.3, 0.4) is 0 Å². The highest BCUT2D eigenvalue weighted by Gasteiger charge is 2.42. The quantitative estimate of drug-likeness (QED) is 0.505. The summed E-state index contributed by atoms with van der Waals surface area (Å²) in [5.74, 6) is -3.67. The molecule has 0 radical (unpaired) electrons. The van der Waals surface area contributed by atoms with E-state index in [9.17, 15) is 19.2 Å². The number of rotatable bonds is 4. The molecule has 0 saturated carbocycles. The molecule has 2 rings (SSSR count). The minimum absolute atomic E-state index is 0.0266. The number of nitrogen functional groups attached to an aromatic ring is 1. The highest BCUT2D eigenvalue weighted by molar-refractivity contribution is 6.31. The summed E-state index contributed by atoms with van der Waals surface area (Å²) in [6.07, 6.45) is -0.505. The summed E-state index contributed by atoms with van der Waals surface area (Å²) in [5, 5.41) is 8.56. The predicted octanol–water partition coefficient (Wildman–Crippen LogP) is -0.416. The predicted molar refractivity (Wildman–Crippen MR) is 71.2 cm³/mol. The van der Waals surface area contributed by atoms with Crippen LogP contribution in [0, 0.1) is 0 Å². The van der Waals surface area contributed by atoms with Crippen molar-refractivity contribution in [3.8, 4) is 0 Å². The normalized spacial score (nSPS) is 15.0. The smallest absolute Gasteiger partial charge is 0.303 e. The lowest BCUT2D eigenvalue weighted by Gasteiger charge is -2.16. The Morgan fingerprint density at radius 2 is 1.90 bits per heavy atom. The summed E-state index contributed by atoms with van der Waals surface area (Å²) in [4.78, 5) is 47.2. The van der Waals surface area contributed by atoms with Gasteiger partial charge in [0.05, 0.1) is 17.2 Å². The number of benzene rings is 1. The summed E-state index contributed by atoms with van der Waals surface area (Å²) in [6.45, 7) is 0. The first-order chi connectivity index (χ1) is 9.84. The molecular formula is C13H13N3O5. The summed E-state index contributed by atoms with van der Waals surface area (Å²) in [6, 6.07) is 3.09. The maximum absolute atomic E-state index is 12.1. The minimum Gasteiger partial charge on any atom is -0.481 e. The van der Waals surface area contributed by atoms with Gasteiger partial charge in [-0.25, -0.2) is 4.90 Å². The van der Waals surface area contributed by atoms with Crippen LogP contribution >= 0.6 is 0 Å². The number of carbonyl (C=O) groups excluding carboxylic acids is 3. The van der Waals surface area contributed by atoms with E-state index >= 15 is 0 Å². The highest BCUT2D eigenvalue weighted by atomic mass is 16.4. The van der Waals surface area contributed by atoms with Gasteiger partial charge in [0.2, 0.25) is 0 Å². The second-order valence-electron chi connectivity index (χ2n) is 4.59. The Morgan fingerprint density at radius 3 is 2.48 bits per heavy atom. The van der Waals surface area contributed by atoms with Crippen molar-refractivity contribution in [1.82, 2.24) is 4.90 Å². The fourth-order valence-corrected chi connectivity index (χ4v) is 2.08. The van der Waals surface area contributed by atoms with Gasteiger partial charge in [0, 0.05) is 12.1 Å². The van der Waals surface area contributed by atoms with Crippen LogP contribution in [0.5, 0.6) is 0 Å². The van der Waals surface area contributed by atoms with Crippen LogP contribution < -0.4 is 11.5 Å². The number of imide groups is 3. The van der Waals surface area contributed by atoms with Crippen molar-refractivity contribution in [1.29, 1.82) is 0 Å². The molecular weight excluding hydrogens is 278 g/mol. The van der Waals surface area contributed by atoms with Crippen LogP contribution in [0.1, 0.15) is 33.6 Å². The largest absolute Gasteiger partial charge is 0.481 e. The third-order valence-corrected chi connectivity index (χ3v) is 3.15. The van der Waals surface area contributed by atoms with E-state index in [1.54, 1.807) is 0 Å². The van der Waals surface area contributed by atoms with E-state index in [0.29, 0.717) is 4.90 Å². The molecule has 110 valence electrons. The highest BCUT2D eigenvalue weighted by Crippen LogP contribution is 2.28. The summed E-state index contributed by atoms with van der Waals surface area (Å²) >= 11 is 0. The molecule has 1 aliphatic rings. The van der Waals surface area contributed by atoms with E-state index < -0.39 is 29.7 Å². The first-order valence-electron chi connectivity index (χ1n) is 6.13. The van der Waals surface area contributed by atoms with Crippen molar-refractivity contribution < 1.29 is 24.3 Å². The molecule has 0 aliphatic carbocycles. The molecule has 1 unspecified atom stereocenters. The number of carboxylic acid groups (broad SMARTS) is 1. The molecule has 0 spiro atoms.